The van der Waals surface area contributed by atoms with E-state index in [4.69, 9.17) is 28.4 Å². The van der Waals surface area contributed by atoms with Gasteiger partial charge >= 0.3 is 0 Å². The molecule has 1 saturated heterocycles. The van der Waals surface area contributed by atoms with E-state index in [-0.39, 0.29) is 41.4 Å². The van der Waals surface area contributed by atoms with Crippen LogP contribution in [-0.2, 0) is 28.4 Å². The van der Waals surface area contributed by atoms with Crippen molar-refractivity contribution >= 4 is 0 Å². The van der Waals surface area contributed by atoms with Gasteiger partial charge in [-0.05, 0) is 12.8 Å². The molecule has 7 nitrogen and oxygen atoms in total. The molecule has 5 unspecified atom stereocenters. The minimum atomic E-state index is -0.510. The van der Waals surface area contributed by atoms with Gasteiger partial charge in [0.25, 0.3) is 0 Å². The molecule has 0 spiro atoms. The Morgan fingerprint density at radius 1 is 0.676 bits per heavy atom. The zero-order valence-electron chi connectivity index (χ0n) is 23.1. The second-order valence-electron chi connectivity index (χ2n) is 10.0. The highest BCUT2D eigenvalue weighted by Gasteiger charge is 2.47. The van der Waals surface area contributed by atoms with Crippen molar-refractivity contribution < 1.29 is 49.9 Å². The quantitative estimate of drug-likeness (QED) is 0.167. The Hall–Kier alpha value is 0.200. The third kappa shape index (κ3) is 12.9. The highest BCUT2D eigenvalue weighted by atomic mass is 79.9. The maximum absolute atomic E-state index is 6.17. The number of hydrogen-bond donors (Lipinski definition) is 0. The minimum absolute atomic E-state index is 0. The van der Waals surface area contributed by atoms with Crippen molar-refractivity contribution in [3.05, 3.63) is 0 Å². The fourth-order valence-corrected chi connectivity index (χ4v) is 4.67. The van der Waals surface area contributed by atoms with Crippen molar-refractivity contribution in [2.24, 2.45) is 0 Å². The Bertz CT molecular complexity index is 471. The summed E-state index contributed by atoms with van der Waals surface area (Å²) in [4.78, 5) is 0. The van der Waals surface area contributed by atoms with Crippen LogP contribution in [0, 0.1) is 0 Å². The molecule has 1 aliphatic rings. The van der Waals surface area contributed by atoms with E-state index in [1.54, 1.807) is 28.4 Å². The summed E-state index contributed by atoms with van der Waals surface area (Å²) in [6.07, 6.45) is 12.0. The maximum atomic E-state index is 6.17. The number of unbranched alkanes of at least 4 members (excludes halogenated alkanes) is 9. The van der Waals surface area contributed by atoms with E-state index in [0.717, 1.165) is 17.6 Å². The first-order valence-corrected chi connectivity index (χ1v) is 13.1. The molecular weight excluding hydrogens is 502 g/mol. The molecule has 206 valence electrons. The second-order valence-corrected chi connectivity index (χ2v) is 10.0. The largest absolute Gasteiger partial charge is 1.00 e. The summed E-state index contributed by atoms with van der Waals surface area (Å²) < 4.78 is 35.6. The maximum Gasteiger partial charge on any atom is 0.187 e. The summed E-state index contributed by atoms with van der Waals surface area (Å²) in [5.41, 5.74) is 0. The molecule has 34 heavy (non-hydrogen) atoms. The van der Waals surface area contributed by atoms with Crippen LogP contribution < -0.4 is 17.0 Å². The lowest BCUT2D eigenvalue weighted by molar-refractivity contribution is -0.891. The second kappa shape index (κ2) is 20.3. The molecule has 1 aliphatic heterocycles. The predicted octanol–water partition coefficient (Wildman–Crippen LogP) is 1.42. The zero-order chi connectivity index (χ0) is 24.5. The average molecular weight is 557 g/mol. The summed E-state index contributed by atoms with van der Waals surface area (Å²) in [5.74, 6) is 0. The van der Waals surface area contributed by atoms with E-state index in [2.05, 4.69) is 21.0 Å². The number of halogens is 1. The molecule has 0 amide bonds. The lowest BCUT2D eigenvalue weighted by Gasteiger charge is -2.44. The van der Waals surface area contributed by atoms with Crippen LogP contribution in [-0.4, -0.2) is 104 Å². The SMILES string of the molecule is CCCCCCCCCCCC[N+](C)(C)CCOC1OC(COC)C(OC)C(OC)C1OC.[Br-]. The molecule has 0 aromatic rings. The fourth-order valence-electron chi connectivity index (χ4n) is 4.67. The van der Waals surface area contributed by atoms with Gasteiger partial charge in [0.05, 0.1) is 33.9 Å². The molecule has 0 aliphatic carbocycles. The number of likely N-dealkylation sites (N-methyl/N-ethyl adjacent to an activating group) is 1. The van der Waals surface area contributed by atoms with Crippen LogP contribution in [0.4, 0.5) is 0 Å². The molecule has 0 aromatic heterocycles. The highest BCUT2D eigenvalue weighted by molar-refractivity contribution is 4.92. The molecule has 0 bridgehead atoms. The van der Waals surface area contributed by atoms with E-state index < -0.39 is 6.29 Å². The summed E-state index contributed by atoms with van der Waals surface area (Å²) >= 11 is 0. The lowest BCUT2D eigenvalue weighted by Crippen LogP contribution is -3.00. The van der Waals surface area contributed by atoms with Crippen LogP contribution in [0.1, 0.15) is 71.1 Å². The van der Waals surface area contributed by atoms with E-state index in [1.165, 1.54) is 64.2 Å². The first-order valence-electron chi connectivity index (χ1n) is 13.1. The van der Waals surface area contributed by atoms with Gasteiger partial charge in [-0.3, -0.25) is 0 Å². The molecule has 5 atom stereocenters. The predicted molar refractivity (Wildman–Crippen MR) is 133 cm³/mol. The summed E-state index contributed by atoms with van der Waals surface area (Å²) in [5, 5.41) is 0. The topological polar surface area (TPSA) is 55.4 Å². The van der Waals surface area contributed by atoms with E-state index in [0.29, 0.717) is 13.2 Å². The molecule has 1 heterocycles. The van der Waals surface area contributed by atoms with Gasteiger partial charge in [-0.1, -0.05) is 58.3 Å². The summed E-state index contributed by atoms with van der Waals surface area (Å²) in [7, 11) is 11.2. The van der Waals surface area contributed by atoms with E-state index in [9.17, 15) is 0 Å². The molecule has 1 fully saturated rings. The highest BCUT2D eigenvalue weighted by Crippen LogP contribution is 2.28. The molecule has 1 rings (SSSR count). The van der Waals surface area contributed by atoms with Crippen LogP contribution >= 0.6 is 0 Å². The lowest BCUT2D eigenvalue weighted by atomic mass is 9.98. The zero-order valence-corrected chi connectivity index (χ0v) is 24.6. The summed E-state index contributed by atoms with van der Waals surface area (Å²) in [6.45, 7) is 5.38. The van der Waals surface area contributed by atoms with Crippen LogP contribution in [0.3, 0.4) is 0 Å². The number of nitrogens with zero attached hydrogens (tertiary/aromatic N) is 1. The van der Waals surface area contributed by atoms with Gasteiger partial charge in [0.15, 0.2) is 6.29 Å². The van der Waals surface area contributed by atoms with E-state index in [1.807, 2.05) is 0 Å². The van der Waals surface area contributed by atoms with Gasteiger partial charge in [-0.15, -0.1) is 0 Å². The number of ether oxygens (including phenoxy) is 6. The van der Waals surface area contributed by atoms with Gasteiger partial charge in [0, 0.05) is 28.4 Å². The third-order valence-corrected chi connectivity index (χ3v) is 6.83. The van der Waals surface area contributed by atoms with Gasteiger partial charge in [-0.2, -0.15) is 0 Å². The minimum Gasteiger partial charge on any atom is -1.00 e. The Balaban J connectivity index is 0.0000109. The van der Waals surface area contributed by atoms with Crippen molar-refractivity contribution in [2.45, 2.75) is 102 Å². The van der Waals surface area contributed by atoms with Crippen LogP contribution in [0.2, 0.25) is 0 Å². The normalized spacial score (nSPS) is 25.3. The van der Waals surface area contributed by atoms with Crippen molar-refractivity contribution in [1.82, 2.24) is 0 Å². The molecule has 0 aromatic carbocycles. The Kier molecular flexibility index (Phi) is 20.4. The third-order valence-electron chi connectivity index (χ3n) is 6.83. The first-order chi connectivity index (χ1) is 15.9. The summed E-state index contributed by atoms with van der Waals surface area (Å²) in [6, 6.07) is 0. The fraction of sp³-hybridized carbons (Fsp3) is 1.00. The number of hydrogen-bond acceptors (Lipinski definition) is 6. The number of rotatable bonds is 20. The van der Waals surface area contributed by atoms with Gasteiger partial charge < -0.3 is 49.9 Å². The molecule has 0 N–H and O–H groups in total. The number of methoxy groups -OCH3 is 4. The molecule has 0 radical (unpaired) electrons. The molecule has 0 saturated carbocycles. The van der Waals surface area contributed by atoms with Crippen LogP contribution in [0.5, 0.6) is 0 Å². The van der Waals surface area contributed by atoms with Gasteiger partial charge in [0.1, 0.15) is 31.0 Å². The van der Waals surface area contributed by atoms with Crippen molar-refractivity contribution in [2.75, 3.05) is 68.8 Å². The van der Waals surface area contributed by atoms with Crippen LogP contribution in [0.25, 0.3) is 0 Å². The van der Waals surface area contributed by atoms with Gasteiger partial charge in [-0.25, -0.2) is 0 Å². The Morgan fingerprint density at radius 2 is 1.21 bits per heavy atom. The monoisotopic (exact) mass is 555 g/mol. The Labute approximate surface area is 220 Å². The number of quaternary nitrogens is 1. The Morgan fingerprint density at radius 3 is 1.71 bits per heavy atom. The average Bonchev–Trinajstić information content (AvgIpc) is 2.79. The van der Waals surface area contributed by atoms with Crippen LogP contribution in [0.15, 0.2) is 0 Å². The first kappa shape index (κ1) is 34.2. The molecular formula is C26H54BrNO6. The van der Waals surface area contributed by atoms with E-state index >= 15 is 0 Å². The van der Waals surface area contributed by atoms with Crippen molar-refractivity contribution in [3.63, 3.8) is 0 Å². The van der Waals surface area contributed by atoms with Crippen molar-refractivity contribution in [3.8, 4) is 0 Å². The smallest absolute Gasteiger partial charge is 0.187 e. The molecule has 8 heteroatoms. The standard InChI is InChI=1S/C26H54NO6.BrH/c1-8-9-10-11-12-13-14-15-16-17-18-27(2,3)19-20-32-26-25(31-7)24(30-6)23(29-5)22(33-26)21-28-4;/h22-26H,8-21H2,1-7H3;1H/q+1;/p-1. The van der Waals surface area contributed by atoms with Gasteiger partial charge in [0.2, 0.25) is 0 Å². The van der Waals surface area contributed by atoms with Crippen molar-refractivity contribution in [1.29, 1.82) is 0 Å².